The number of carbonyl (C=O) groups is 4. The van der Waals surface area contributed by atoms with Crippen molar-refractivity contribution < 1.29 is 63.3 Å². The number of methoxy groups -OCH3 is 1. The van der Waals surface area contributed by atoms with E-state index in [2.05, 4.69) is 150 Å². The maximum Gasteiger partial charge on any atom is 0.343 e. The number of esters is 3. The van der Waals surface area contributed by atoms with Gasteiger partial charge in [0.15, 0.2) is 5.78 Å². The number of phenols is 3. The van der Waals surface area contributed by atoms with Crippen LogP contribution in [-0.4, -0.2) is 108 Å². The summed E-state index contributed by atoms with van der Waals surface area (Å²) < 4.78 is 21.3. The van der Waals surface area contributed by atoms with Crippen LogP contribution >= 0.6 is 11.6 Å². The summed E-state index contributed by atoms with van der Waals surface area (Å²) in [6.45, 7) is 50.0. The number of aromatic nitrogens is 3. The van der Waals surface area contributed by atoms with Crippen LogP contribution in [0.2, 0.25) is 5.02 Å². The number of nitrogens with zero attached hydrogens (tertiary/aromatic N) is 4. The quantitative estimate of drug-likeness (QED) is 0.0256. The Morgan fingerprint density at radius 3 is 1.59 bits per heavy atom. The summed E-state index contributed by atoms with van der Waals surface area (Å²) in [6, 6.07) is 32.9. The highest BCUT2D eigenvalue weighted by atomic mass is 35.5. The Morgan fingerprint density at radius 1 is 0.552 bits per heavy atom. The molecule has 4 N–H and O–H groups in total. The topological polar surface area (TPSA) is 220 Å². The Morgan fingerprint density at radius 2 is 1.07 bits per heavy atom. The summed E-state index contributed by atoms with van der Waals surface area (Å²) in [5.74, 6) is 0.222. The zero-order valence-corrected chi connectivity index (χ0v) is 67.5. The molecule has 105 heavy (non-hydrogen) atoms. The minimum Gasteiger partial charge on any atom is -0.507 e. The van der Waals surface area contributed by atoms with Gasteiger partial charge < -0.3 is 39.4 Å². The van der Waals surface area contributed by atoms with E-state index in [1.165, 1.54) is 49.2 Å². The summed E-state index contributed by atoms with van der Waals surface area (Å²) in [7, 11) is 1.29. The van der Waals surface area contributed by atoms with Gasteiger partial charge in [0.2, 0.25) is 0 Å². The highest BCUT2D eigenvalue weighted by Crippen LogP contribution is 2.43. The van der Waals surface area contributed by atoms with Crippen molar-refractivity contribution in [2.75, 3.05) is 26.9 Å². The lowest BCUT2D eigenvalue weighted by molar-refractivity contribution is -0.151. The number of rotatable bonds is 19. The van der Waals surface area contributed by atoms with Crippen molar-refractivity contribution >= 4 is 46.3 Å². The van der Waals surface area contributed by atoms with Gasteiger partial charge in [0, 0.05) is 56.5 Å². The molecule has 0 spiro atoms. The number of hydrogen-bond acceptors (Lipinski definition) is 15. The number of benzene rings is 6. The number of fused-ring (bicyclic) bond motifs is 1. The molecular formula is C87H126ClFN4O12. The molecule has 0 aliphatic carbocycles. The molecule has 1 fully saturated rings. The van der Waals surface area contributed by atoms with Crippen LogP contribution < -0.4 is 9.47 Å². The number of phenolic OH excluding ortho intramolecular Hbond substituents is 3. The maximum absolute atomic E-state index is 13.3. The van der Waals surface area contributed by atoms with Crippen molar-refractivity contribution in [3.05, 3.63) is 164 Å². The second-order valence-corrected chi connectivity index (χ2v) is 35.1. The van der Waals surface area contributed by atoms with Crippen LogP contribution in [0.1, 0.15) is 291 Å². The van der Waals surface area contributed by atoms with Gasteiger partial charge in [-0.2, -0.15) is 0 Å². The molecule has 6 aromatic carbocycles. The van der Waals surface area contributed by atoms with Crippen LogP contribution in [0.25, 0.3) is 16.7 Å². The molecule has 7 aromatic rings. The van der Waals surface area contributed by atoms with Gasteiger partial charge in [0.25, 0.3) is 0 Å². The van der Waals surface area contributed by atoms with E-state index in [4.69, 9.17) is 25.8 Å². The molecule has 0 radical (unpaired) electrons. The standard InChI is InChI=1S/C29H42O3.C21H26O3.C20H24ClN3O.C16H29NO5.CH4.FH/c1-26(2,3)19-13-14-23(20(17-19)27(4,5)6)32-25(31)18-15-21(28(7,8)9)24(30)22(16-18)29(10,11)12;1-2-3-4-5-6-10-15-24-18-13-14-19(20(22)16-18)21(23)17-11-8-7-9-12-17;1-19(2,3)12-9-14(20(4,5)6)18(25)17(10-12)24-22-15-8-7-13(21)11-16(15)23-24;1-15(2)10-12(18)11-16(3,4)17(15)8-9-22-14(20)7-6-13(19)21-5;;/h13-17,30H,1-12H3;7-9,11-14,16,22H,2-6,10,15H2,1H3;7-11,25H,1-6H3;12,18H,6-11H2,1-5H3;1H4;1H. The van der Waals surface area contributed by atoms with E-state index >= 15 is 0 Å². The third kappa shape index (κ3) is 26.6. The fraction of sp³-hybridized carbons (Fsp3) is 0.540. The molecule has 0 saturated carbocycles. The molecule has 1 saturated heterocycles. The van der Waals surface area contributed by atoms with Gasteiger partial charge in [-0.15, -0.1) is 15.0 Å². The smallest absolute Gasteiger partial charge is 0.343 e. The average Bonchev–Trinajstić information content (AvgIpc) is 1.71. The molecule has 580 valence electrons. The Labute approximate surface area is 632 Å². The van der Waals surface area contributed by atoms with Crippen LogP contribution in [0.3, 0.4) is 0 Å². The van der Waals surface area contributed by atoms with Crippen LogP contribution in [0.15, 0.2) is 109 Å². The van der Waals surface area contributed by atoms with Crippen molar-refractivity contribution in [2.24, 2.45) is 0 Å². The zero-order valence-electron chi connectivity index (χ0n) is 66.8. The monoisotopic (exact) mass is 1470 g/mol. The lowest BCUT2D eigenvalue weighted by Crippen LogP contribution is -2.62. The first-order chi connectivity index (χ1) is 47.5. The molecular weight excluding hydrogens is 1350 g/mol. The predicted octanol–water partition coefficient (Wildman–Crippen LogP) is 20.8. The van der Waals surface area contributed by atoms with E-state index in [-0.39, 0.29) is 104 Å². The molecule has 8 rings (SSSR count). The third-order valence-corrected chi connectivity index (χ3v) is 18.7. The first kappa shape index (κ1) is 91.3. The molecule has 1 aliphatic rings. The molecule has 0 bridgehead atoms. The number of ether oxygens (including phenoxy) is 4. The molecule has 18 heteroatoms. The lowest BCUT2D eigenvalue weighted by atomic mass is 9.78. The highest BCUT2D eigenvalue weighted by Gasteiger charge is 2.45. The van der Waals surface area contributed by atoms with Crippen molar-refractivity contribution in [1.29, 1.82) is 0 Å². The maximum atomic E-state index is 13.3. The SMILES string of the molecule is C.CC(C)(C)c1cc(-n2nc3ccc(Cl)cc3n2)c(O)c(C(C)(C)C)c1.CC(C)(C)c1ccc(OC(=O)c2cc(C(C)(C)C)c(O)c(C(C)(C)C)c2)c(C(C)(C)C)c1.CCCCCCCCOc1ccc(C(=O)c2ccccc2)c(O)c1.COC(=O)CCC(=O)OCCN1C(C)(C)CC(O)CC1(C)C.F. The zero-order chi connectivity index (χ0) is 77.6. The first-order valence-corrected chi connectivity index (χ1v) is 36.8. The van der Waals surface area contributed by atoms with Gasteiger partial charge in [0.05, 0.1) is 43.8 Å². The Bertz CT molecular complexity index is 3950. The van der Waals surface area contributed by atoms with E-state index in [0.717, 1.165) is 46.2 Å². The van der Waals surface area contributed by atoms with Gasteiger partial charge in [0.1, 0.15) is 52.1 Å². The Balaban J connectivity index is 0.000000365. The average molecular weight is 1470 g/mol. The molecule has 1 aromatic heterocycles. The van der Waals surface area contributed by atoms with Crippen LogP contribution in [0.4, 0.5) is 4.70 Å². The van der Waals surface area contributed by atoms with E-state index in [1.54, 1.807) is 48.5 Å². The second kappa shape index (κ2) is 37.6. The predicted molar refractivity (Wildman–Crippen MR) is 426 cm³/mol. The molecule has 0 atom stereocenters. The molecule has 1 aliphatic heterocycles. The molecule has 2 heterocycles. The lowest BCUT2D eigenvalue weighted by Gasteiger charge is -2.54. The van der Waals surface area contributed by atoms with Crippen LogP contribution in [0, 0.1) is 0 Å². The number of carbonyl (C=O) groups excluding carboxylic acids is 4. The molecule has 0 amide bonds. The fourth-order valence-corrected chi connectivity index (χ4v) is 12.8. The number of ketones is 1. The van der Waals surface area contributed by atoms with E-state index in [1.807, 2.05) is 84.0 Å². The summed E-state index contributed by atoms with van der Waals surface area (Å²) in [6.07, 6.45) is 8.44. The fourth-order valence-electron chi connectivity index (χ4n) is 12.6. The summed E-state index contributed by atoms with van der Waals surface area (Å²) in [4.78, 5) is 52.1. The number of aromatic hydroxyl groups is 3. The van der Waals surface area contributed by atoms with Gasteiger partial charge in [-0.05, 0) is 145 Å². The highest BCUT2D eigenvalue weighted by molar-refractivity contribution is 6.31. The van der Waals surface area contributed by atoms with Gasteiger partial charge >= 0.3 is 17.9 Å². The van der Waals surface area contributed by atoms with Crippen molar-refractivity contribution in [3.8, 4) is 34.4 Å². The van der Waals surface area contributed by atoms with Gasteiger partial charge in [-0.25, -0.2) is 4.79 Å². The van der Waals surface area contributed by atoms with E-state index in [9.17, 15) is 39.6 Å². The third-order valence-electron chi connectivity index (χ3n) is 18.4. The first-order valence-electron chi connectivity index (χ1n) is 36.4. The van der Waals surface area contributed by atoms with Crippen molar-refractivity contribution in [2.45, 2.75) is 281 Å². The normalized spacial score (nSPS) is 14.0. The number of aliphatic hydroxyl groups is 1. The van der Waals surface area contributed by atoms with Gasteiger partial charge in [-0.3, -0.25) is 24.0 Å². The van der Waals surface area contributed by atoms with Crippen molar-refractivity contribution in [1.82, 2.24) is 19.9 Å². The summed E-state index contributed by atoms with van der Waals surface area (Å²) in [5, 5.41) is 51.6. The van der Waals surface area contributed by atoms with Crippen LogP contribution in [-0.2, 0) is 51.6 Å². The Kier molecular flexibility index (Phi) is 32.7. The van der Waals surface area contributed by atoms with E-state index in [0.29, 0.717) is 70.4 Å². The van der Waals surface area contributed by atoms with Gasteiger partial charge in [-0.1, -0.05) is 231 Å². The van der Waals surface area contributed by atoms with Crippen molar-refractivity contribution in [3.63, 3.8) is 0 Å². The largest absolute Gasteiger partial charge is 0.507 e. The second-order valence-electron chi connectivity index (χ2n) is 34.7. The number of piperidine rings is 1. The minimum atomic E-state index is -0.413. The molecule has 16 nitrogen and oxygen atoms in total. The number of hydrogen-bond donors (Lipinski definition) is 4. The summed E-state index contributed by atoms with van der Waals surface area (Å²) in [5.41, 5.74) is 7.69. The number of unbranched alkanes of at least 4 members (excludes halogenated alkanes) is 5. The number of aliphatic hydroxyl groups excluding tert-OH is 1. The Hall–Kier alpha value is -7.86. The summed E-state index contributed by atoms with van der Waals surface area (Å²) >= 11 is 6.05. The molecule has 0 unspecified atom stereocenters. The number of halogens is 2. The van der Waals surface area contributed by atoms with E-state index < -0.39 is 17.9 Å². The van der Waals surface area contributed by atoms with Crippen LogP contribution in [0.5, 0.6) is 28.7 Å². The number of likely N-dealkylation sites (tertiary alicyclic amines) is 1. The minimum absolute atomic E-state index is 0.